The minimum Gasteiger partial charge on any atom is -0.382 e. The van der Waals surface area contributed by atoms with Gasteiger partial charge in [0, 0.05) is 7.11 Å². The van der Waals surface area contributed by atoms with Crippen LogP contribution in [0.25, 0.3) is 0 Å². The number of carbonyl (C=O) groups is 2. The van der Waals surface area contributed by atoms with Crippen molar-refractivity contribution in [3.8, 4) is 0 Å². The summed E-state index contributed by atoms with van der Waals surface area (Å²) in [6.45, 7) is 23.6. The van der Waals surface area contributed by atoms with Gasteiger partial charge in [-0.05, 0) is 18.3 Å². The average molecular weight is 514 g/mol. The summed E-state index contributed by atoms with van der Waals surface area (Å²) in [5.74, 6) is -0.710. The van der Waals surface area contributed by atoms with E-state index in [1.807, 2.05) is 27.7 Å². The van der Waals surface area contributed by atoms with Gasteiger partial charge in [0.1, 0.15) is 0 Å². The van der Waals surface area contributed by atoms with Crippen molar-refractivity contribution in [2.75, 3.05) is 59.9 Å². The highest BCUT2D eigenvalue weighted by Crippen LogP contribution is 2.48. The number of carbonyl (C=O) groups excluding carboxylic acids is 2. The SMILES string of the molecule is C=CC1CC(C=C)C2C(=O)N(CCOCCOCCOCCOC)C(=O)C12.CC.CC.CCCCC. The molecule has 0 aromatic rings. The first-order valence-corrected chi connectivity index (χ1v) is 13.9. The number of likely N-dealkylation sites (tertiary alicyclic amines) is 1. The van der Waals surface area contributed by atoms with Crippen LogP contribution in [-0.4, -0.2) is 76.6 Å². The van der Waals surface area contributed by atoms with E-state index >= 15 is 0 Å². The lowest BCUT2D eigenvalue weighted by Gasteiger charge is -2.18. The van der Waals surface area contributed by atoms with Gasteiger partial charge >= 0.3 is 0 Å². The molecular weight excluding hydrogens is 458 g/mol. The molecule has 36 heavy (non-hydrogen) atoms. The molecule has 0 N–H and O–H groups in total. The van der Waals surface area contributed by atoms with Gasteiger partial charge in [0.2, 0.25) is 11.8 Å². The quantitative estimate of drug-likeness (QED) is 0.153. The van der Waals surface area contributed by atoms with E-state index in [0.29, 0.717) is 46.2 Å². The van der Waals surface area contributed by atoms with Crippen molar-refractivity contribution in [3.05, 3.63) is 25.3 Å². The molecular formula is C29H55NO6. The van der Waals surface area contributed by atoms with Gasteiger partial charge in [0.05, 0.1) is 64.6 Å². The molecule has 2 aliphatic rings. The number of unbranched alkanes of at least 4 members (excludes halogenated alkanes) is 2. The van der Waals surface area contributed by atoms with Gasteiger partial charge < -0.3 is 18.9 Å². The molecule has 0 radical (unpaired) electrons. The molecule has 212 valence electrons. The van der Waals surface area contributed by atoms with Crippen LogP contribution in [0.5, 0.6) is 0 Å². The second-order valence-corrected chi connectivity index (χ2v) is 8.10. The maximum Gasteiger partial charge on any atom is 0.233 e. The first kappa shape index (κ1) is 36.6. The summed E-state index contributed by atoms with van der Waals surface area (Å²) in [5, 5.41) is 0. The molecule has 1 saturated heterocycles. The molecule has 4 atom stereocenters. The van der Waals surface area contributed by atoms with Gasteiger partial charge in [-0.3, -0.25) is 14.5 Å². The molecule has 7 nitrogen and oxygen atoms in total. The number of allylic oxidation sites excluding steroid dienone is 2. The Kier molecular flexibility index (Phi) is 25.6. The highest BCUT2D eigenvalue weighted by atomic mass is 16.6. The molecule has 0 aromatic heterocycles. The van der Waals surface area contributed by atoms with Crippen molar-refractivity contribution in [1.29, 1.82) is 0 Å². The standard InChI is InChI=1S/C20H31NO6.C5H12.2C2H6/c1-4-15-14-16(5-2)18-17(15)19(22)21(20(18)23)6-7-25-10-11-27-13-12-26-9-8-24-3;1-3-5-4-2;2*1-2/h4-5,15-18H,1-2,6-14H2,3H3;3-5H2,1-2H3;2*1-2H3. The number of amides is 2. The molecule has 0 spiro atoms. The van der Waals surface area contributed by atoms with Crippen LogP contribution in [0.15, 0.2) is 25.3 Å². The molecule has 1 aliphatic heterocycles. The third-order valence-corrected chi connectivity index (χ3v) is 5.90. The number of imide groups is 1. The topological polar surface area (TPSA) is 74.3 Å². The van der Waals surface area contributed by atoms with Gasteiger partial charge in [-0.25, -0.2) is 0 Å². The average Bonchev–Trinajstić information content (AvgIpc) is 3.41. The molecule has 1 heterocycles. The number of ether oxygens (including phenoxy) is 4. The predicted octanol–water partition coefficient (Wildman–Crippen LogP) is 5.54. The summed E-state index contributed by atoms with van der Waals surface area (Å²) in [6.07, 6.45) is 8.44. The summed E-state index contributed by atoms with van der Waals surface area (Å²) in [5.41, 5.74) is 0. The normalized spacial score (nSPS) is 21.9. The molecule has 1 saturated carbocycles. The first-order chi connectivity index (χ1) is 17.6. The Bertz CT molecular complexity index is 534. The van der Waals surface area contributed by atoms with Crippen LogP contribution in [0.2, 0.25) is 0 Å². The van der Waals surface area contributed by atoms with E-state index in [2.05, 4.69) is 27.0 Å². The Labute approximate surface area is 221 Å². The maximum absolute atomic E-state index is 12.7. The number of hydrogen-bond acceptors (Lipinski definition) is 6. The van der Waals surface area contributed by atoms with Crippen LogP contribution in [0.4, 0.5) is 0 Å². The summed E-state index contributed by atoms with van der Waals surface area (Å²) < 4.78 is 21.0. The lowest BCUT2D eigenvalue weighted by molar-refractivity contribution is -0.141. The van der Waals surface area contributed by atoms with Crippen molar-refractivity contribution >= 4 is 11.8 Å². The maximum atomic E-state index is 12.7. The van der Waals surface area contributed by atoms with Crippen molar-refractivity contribution in [3.63, 3.8) is 0 Å². The van der Waals surface area contributed by atoms with E-state index in [1.165, 1.54) is 24.2 Å². The van der Waals surface area contributed by atoms with Crippen LogP contribution in [-0.2, 0) is 28.5 Å². The molecule has 4 unspecified atom stereocenters. The Balaban J connectivity index is 0. The van der Waals surface area contributed by atoms with Crippen LogP contribution >= 0.6 is 0 Å². The van der Waals surface area contributed by atoms with Crippen molar-refractivity contribution in [2.24, 2.45) is 23.7 Å². The summed E-state index contributed by atoms with van der Waals surface area (Å²) in [6, 6.07) is 0. The van der Waals surface area contributed by atoms with Gasteiger partial charge in [-0.15, -0.1) is 13.2 Å². The second-order valence-electron chi connectivity index (χ2n) is 8.10. The third kappa shape index (κ3) is 13.1. The number of fused-ring (bicyclic) bond motifs is 1. The minimum atomic E-state index is -0.292. The molecule has 2 fully saturated rings. The Morgan fingerprint density at radius 3 is 1.47 bits per heavy atom. The highest BCUT2D eigenvalue weighted by Gasteiger charge is 2.56. The fourth-order valence-corrected chi connectivity index (χ4v) is 4.18. The van der Waals surface area contributed by atoms with Crippen LogP contribution in [0.1, 0.15) is 67.2 Å². The van der Waals surface area contributed by atoms with E-state index in [0.717, 1.165) is 6.42 Å². The van der Waals surface area contributed by atoms with E-state index < -0.39 is 0 Å². The Hall–Kier alpha value is -1.54. The molecule has 2 rings (SSSR count). The van der Waals surface area contributed by atoms with Crippen molar-refractivity contribution in [1.82, 2.24) is 4.90 Å². The number of hydrogen-bond donors (Lipinski definition) is 0. The van der Waals surface area contributed by atoms with Gasteiger partial charge in [-0.2, -0.15) is 0 Å². The molecule has 7 heteroatoms. The molecule has 1 aliphatic carbocycles. The van der Waals surface area contributed by atoms with Gasteiger partial charge in [0.25, 0.3) is 0 Å². The Morgan fingerprint density at radius 1 is 0.750 bits per heavy atom. The fraction of sp³-hybridized carbons (Fsp3) is 0.793. The predicted molar refractivity (Wildman–Crippen MR) is 148 cm³/mol. The van der Waals surface area contributed by atoms with Crippen molar-refractivity contribution in [2.45, 2.75) is 67.2 Å². The van der Waals surface area contributed by atoms with Gasteiger partial charge in [-0.1, -0.05) is 73.0 Å². The second kappa shape index (κ2) is 25.1. The highest BCUT2D eigenvalue weighted by molar-refractivity contribution is 6.06. The van der Waals surface area contributed by atoms with E-state index in [1.54, 1.807) is 19.3 Å². The van der Waals surface area contributed by atoms with E-state index in [4.69, 9.17) is 18.9 Å². The van der Waals surface area contributed by atoms with E-state index in [9.17, 15) is 9.59 Å². The minimum absolute atomic E-state index is 0.0416. The Morgan fingerprint density at radius 2 is 1.14 bits per heavy atom. The van der Waals surface area contributed by atoms with E-state index in [-0.39, 0.29) is 42.0 Å². The van der Waals surface area contributed by atoms with Crippen LogP contribution in [0.3, 0.4) is 0 Å². The van der Waals surface area contributed by atoms with Crippen molar-refractivity contribution < 1.29 is 28.5 Å². The zero-order valence-corrected chi connectivity index (χ0v) is 24.3. The smallest absolute Gasteiger partial charge is 0.233 e. The van der Waals surface area contributed by atoms with Crippen LogP contribution < -0.4 is 0 Å². The molecule has 0 bridgehead atoms. The zero-order chi connectivity index (χ0) is 27.8. The first-order valence-electron chi connectivity index (χ1n) is 13.9. The summed E-state index contributed by atoms with van der Waals surface area (Å²) >= 11 is 0. The lowest BCUT2D eigenvalue weighted by atomic mass is 9.89. The summed E-state index contributed by atoms with van der Waals surface area (Å²) in [7, 11) is 1.63. The number of rotatable bonds is 16. The largest absolute Gasteiger partial charge is 0.382 e. The monoisotopic (exact) mass is 513 g/mol. The molecule has 0 aromatic carbocycles. The third-order valence-electron chi connectivity index (χ3n) is 5.90. The number of nitrogens with zero attached hydrogens (tertiary/aromatic N) is 1. The fourth-order valence-electron chi connectivity index (χ4n) is 4.18. The summed E-state index contributed by atoms with van der Waals surface area (Å²) in [4.78, 5) is 26.7. The molecule has 2 amide bonds. The zero-order valence-electron chi connectivity index (χ0n) is 24.3. The lowest BCUT2D eigenvalue weighted by Crippen LogP contribution is -2.36. The number of methoxy groups -OCH3 is 1. The van der Waals surface area contributed by atoms with Crippen LogP contribution in [0, 0.1) is 23.7 Å². The van der Waals surface area contributed by atoms with Gasteiger partial charge in [0.15, 0.2) is 0 Å².